The van der Waals surface area contributed by atoms with Crippen molar-refractivity contribution in [3.63, 3.8) is 0 Å². The molecule has 0 spiro atoms. The van der Waals surface area contributed by atoms with Crippen molar-refractivity contribution in [2.24, 2.45) is 7.05 Å². The molecule has 6 heteroatoms. The summed E-state index contributed by atoms with van der Waals surface area (Å²) in [6.07, 6.45) is 2.97. The van der Waals surface area contributed by atoms with Crippen LogP contribution in [-0.4, -0.2) is 22.2 Å². The molecule has 0 amide bonds. The lowest BCUT2D eigenvalue weighted by Crippen LogP contribution is -2.36. The van der Waals surface area contributed by atoms with Gasteiger partial charge in [-0.2, -0.15) is 4.57 Å². The predicted octanol–water partition coefficient (Wildman–Crippen LogP) is 5.96. The molecule has 2 rings (SSSR count). The third-order valence-electron chi connectivity index (χ3n) is 4.08. The second kappa shape index (κ2) is 12.3. The molecular weight excluding hydrogens is 411 g/mol. The number of aryl methyl sites for hydroxylation is 1. The molecule has 2 nitrogen and oxygen atoms in total. The summed E-state index contributed by atoms with van der Waals surface area (Å²) in [6.45, 7) is 6.98. The summed E-state index contributed by atoms with van der Waals surface area (Å²) >= 11 is 0. The molecule has 0 radical (unpaired) electrons. The molecule has 0 aliphatic carbocycles. The van der Waals surface area contributed by atoms with Gasteiger partial charge in [0.15, 0.2) is 5.69 Å². The molecule has 2 aromatic rings. The number of aliphatic hydroxyl groups excluding tert-OH is 1. The van der Waals surface area contributed by atoms with Crippen molar-refractivity contribution in [1.29, 1.82) is 0 Å². The van der Waals surface area contributed by atoms with Gasteiger partial charge in [-0.15, -0.1) is 0 Å². The molecule has 0 bridgehead atoms. The van der Waals surface area contributed by atoms with Crippen LogP contribution in [0.3, 0.4) is 0 Å². The van der Waals surface area contributed by atoms with Crippen molar-refractivity contribution in [3.8, 4) is 0 Å². The number of rotatable bonds is 11. The van der Waals surface area contributed by atoms with E-state index in [1.165, 1.54) is 21.2 Å². The van der Waals surface area contributed by atoms with Gasteiger partial charge in [-0.1, -0.05) is 71.4 Å². The lowest BCUT2D eigenvalue weighted by molar-refractivity contribution is -0.715. The molecule has 1 aromatic carbocycles. The Labute approximate surface area is 180 Å². The normalized spacial score (nSPS) is 12.5. The zero-order valence-electron chi connectivity index (χ0n) is 16.6. The van der Waals surface area contributed by atoms with E-state index in [4.69, 9.17) is 0 Å². The largest absolute Gasteiger partial charge is 0.396 e. The molecule has 0 aliphatic heterocycles. The molecule has 0 saturated heterocycles. The van der Waals surface area contributed by atoms with E-state index in [0.717, 1.165) is 19.3 Å². The highest BCUT2D eigenvalue weighted by Gasteiger charge is 2.16. The van der Waals surface area contributed by atoms with Crippen molar-refractivity contribution >= 4 is 43.2 Å². The Morgan fingerprint density at radius 2 is 1.70 bits per heavy atom. The quantitative estimate of drug-likeness (QED) is 0.343. The van der Waals surface area contributed by atoms with Gasteiger partial charge >= 0.3 is 0 Å². The zero-order chi connectivity index (χ0) is 19.6. The minimum atomic E-state index is 0.206. The van der Waals surface area contributed by atoms with Crippen LogP contribution in [0, 0.1) is 0 Å². The number of aliphatic hydroxyl groups is 1. The Hall–Kier alpha value is -0.270. The summed E-state index contributed by atoms with van der Waals surface area (Å²) < 4.78 is 2.33. The van der Waals surface area contributed by atoms with Gasteiger partial charge in [0.1, 0.15) is 7.05 Å². The van der Waals surface area contributed by atoms with E-state index < -0.39 is 0 Å². The van der Waals surface area contributed by atoms with E-state index in [-0.39, 0.29) is 6.61 Å². The van der Waals surface area contributed by atoms with Crippen LogP contribution in [0.4, 0.5) is 0 Å². The summed E-state index contributed by atoms with van der Waals surface area (Å²) in [4.78, 5) is 1.28. The molecule has 1 heterocycles. The minimum Gasteiger partial charge on any atom is -0.396 e. The van der Waals surface area contributed by atoms with Crippen LogP contribution < -0.4 is 4.57 Å². The van der Waals surface area contributed by atoms with Gasteiger partial charge in [0.05, 0.1) is 0 Å². The second-order valence-corrected chi connectivity index (χ2v) is 12.2. The molecule has 148 valence electrons. The van der Waals surface area contributed by atoms with E-state index >= 15 is 0 Å². The monoisotopic (exact) mass is 440 g/mol. The molecule has 0 aliphatic rings. The molecule has 0 saturated carbocycles. The van der Waals surface area contributed by atoms with Crippen molar-refractivity contribution < 1.29 is 9.67 Å². The fourth-order valence-corrected chi connectivity index (χ4v) is 7.04. The first-order valence-corrected chi connectivity index (χ1v) is 13.8. The number of aromatic nitrogens is 1. The molecule has 27 heavy (non-hydrogen) atoms. The molecule has 0 fully saturated rings. The average molecular weight is 441 g/mol. The number of pyridine rings is 1. The van der Waals surface area contributed by atoms with Crippen molar-refractivity contribution in [1.82, 2.24) is 0 Å². The lowest BCUT2D eigenvalue weighted by Gasteiger charge is -2.12. The first kappa shape index (κ1) is 23.0. The van der Waals surface area contributed by atoms with Gasteiger partial charge in [0, 0.05) is 51.3 Å². The summed E-state index contributed by atoms with van der Waals surface area (Å²) in [5.74, 6) is 0. The van der Waals surface area contributed by atoms with Crippen molar-refractivity contribution in [2.45, 2.75) is 60.5 Å². The van der Waals surface area contributed by atoms with E-state index in [1.54, 1.807) is 0 Å². The highest BCUT2D eigenvalue weighted by Crippen LogP contribution is 2.38. The third kappa shape index (κ3) is 7.94. The van der Waals surface area contributed by atoms with Crippen LogP contribution in [0.2, 0.25) is 0 Å². The molecule has 1 N–H and O–H groups in total. The summed E-state index contributed by atoms with van der Waals surface area (Å²) in [5, 5.41) is 11.7. The Bertz CT molecular complexity index is 708. The van der Waals surface area contributed by atoms with Crippen molar-refractivity contribution in [3.05, 3.63) is 53.7 Å². The Morgan fingerprint density at radius 3 is 2.44 bits per heavy atom. The number of hydrogen-bond donors (Lipinski definition) is 1. The first-order chi connectivity index (χ1) is 13.0. The maximum Gasteiger partial charge on any atom is 0.250 e. The molecular formula is C21H30NOS4+. The second-order valence-electron chi connectivity index (χ2n) is 6.75. The van der Waals surface area contributed by atoms with E-state index in [0.29, 0.717) is 10.5 Å². The van der Waals surface area contributed by atoms with Crippen LogP contribution in [0.25, 0.3) is 0 Å². The highest BCUT2D eigenvalue weighted by molar-refractivity contribution is 8.77. The van der Waals surface area contributed by atoms with E-state index in [1.807, 2.05) is 49.2 Å². The van der Waals surface area contributed by atoms with E-state index in [2.05, 4.69) is 68.8 Å². The molecule has 1 unspecified atom stereocenters. The summed E-state index contributed by atoms with van der Waals surface area (Å²) in [7, 11) is 9.73. The van der Waals surface area contributed by atoms with Gasteiger partial charge in [0.2, 0.25) is 0 Å². The predicted molar refractivity (Wildman–Crippen MR) is 125 cm³/mol. The topological polar surface area (TPSA) is 24.1 Å². The number of hydrogen-bond acceptors (Lipinski definition) is 5. The third-order valence-corrected chi connectivity index (χ3v) is 10.1. The maximum absolute atomic E-state index is 9.23. The smallest absolute Gasteiger partial charge is 0.250 e. The van der Waals surface area contributed by atoms with Gasteiger partial charge in [-0.05, 0) is 30.5 Å². The first-order valence-electron chi connectivity index (χ1n) is 9.34. The SMILES string of the molecule is CC(C)SSc1cccc(CCC(C)SSc2ccccc2CCO)[n+]1C. The van der Waals surface area contributed by atoms with Gasteiger partial charge in [0.25, 0.3) is 5.03 Å². The van der Waals surface area contributed by atoms with Crippen LogP contribution >= 0.6 is 43.2 Å². The Balaban J connectivity index is 1.87. The Kier molecular flexibility index (Phi) is 10.5. The average Bonchev–Trinajstić information content (AvgIpc) is 2.65. The fourth-order valence-electron chi connectivity index (χ4n) is 2.53. The van der Waals surface area contributed by atoms with Gasteiger partial charge < -0.3 is 5.11 Å². The molecule has 1 atom stereocenters. The van der Waals surface area contributed by atoms with Crippen LogP contribution in [-0.2, 0) is 19.9 Å². The molecule has 1 aromatic heterocycles. The van der Waals surface area contributed by atoms with Crippen LogP contribution in [0.5, 0.6) is 0 Å². The summed E-state index contributed by atoms with van der Waals surface area (Å²) in [6, 6.07) is 15.0. The standard InChI is InChI=1S/C21H30NOS4/c1-16(2)24-27-21-11-7-9-19(22(21)4)13-12-17(3)25-26-20-10-6-5-8-18(20)14-15-23/h5-11,16-17,23H,12-15H2,1-4H3/q+1. The van der Waals surface area contributed by atoms with Crippen molar-refractivity contribution in [2.75, 3.05) is 6.61 Å². The Morgan fingerprint density at radius 1 is 0.926 bits per heavy atom. The van der Waals surface area contributed by atoms with Crippen LogP contribution in [0.15, 0.2) is 52.4 Å². The lowest BCUT2D eigenvalue weighted by atomic mass is 10.2. The van der Waals surface area contributed by atoms with E-state index in [9.17, 15) is 5.11 Å². The number of benzene rings is 1. The zero-order valence-corrected chi connectivity index (χ0v) is 19.8. The maximum atomic E-state index is 9.23. The van der Waals surface area contributed by atoms with Gasteiger partial charge in [-0.25, -0.2) is 0 Å². The summed E-state index contributed by atoms with van der Waals surface area (Å²) in [5.41, 5.74) is 2.63. The minimum absolute atomic E-state index is 0.206. The number of nitrogens with zero attached hydrogens (tertiary/aromatic N) is 1. The highest BCUT2D eigenvalue weighted by atomic mass is 33.1. The fraction of sp³-hybridized carbons (Fsp3) is 0.476. The van der Waals surface area contributed by atoms with Crippen LogP contribution in [0.1, 0.15) is 38.4 Å². The van der Waals surface area contributed by atoms with Gasteiger partial charge in [-0.3, -0.25) is 0 Å².